The number of ketones is 2. The minimum Gasteiger partial charge on any atom is -0.454 e. The molecule has 0 bridgehead atoms. The molecule has 110 valence electrons. The van der Waals surface area contributed by atoms with Crippen LogP contribution in [0.25, 0.3) is 0 Å². The lowest BCUT2D eigenvalue weighted by Gasteiger charge is -2.24. The number of hydrogen-bond acceptors (Lipinski definition) is 5. The summed E-state index contributed by atoms with van der Waals surface area (Å²) in [4.78, 5) is 40.2. The van der Waals surface area contributed by atoms with Crippen LogP contribution in [0.15, 0.2) is 10.1 Å². The van der Waals surface area contributed by atoms with Gasteiger partial charge in [0.2, 0.25) is 11.6 Å². The van der Waals surface area contributed by atoms with Gasteiger partial charge in [0.05, 0.1) is 4.48 Å². The minimum atomic E-state index is -0.499. The van der Waals surface area contributed by atoms with Crippen LogP contribution in [0.1, 0.15) is 59.6 Å². The number of carbonyl (C=O) groups is 3. The number of allylic oxidation sites excluding steroid dienone is 2. The quantitative estimate of drug-likeness (QED) is 0.724. The third-order valence-corrected chi connectivity index (χ3v) is 4.70. The number of esters is 1. The maximum Gasteiger partial charge on any atom is 0.303 e. The van der Waals surface area contributed by atoms with Gasteiger partial charge in [-0.15, -0.1) is 0 Å². The van der Waals surface area contributed by atoms with E-state index in [0.717, 1.165) is 6.42 Å². The average molecular weight is 353 g/mol. The Balaban J connectivity index is 2.15. The molecule has 6 nitrogen and oxygen atoms in total. The Hall–Kier alpha value is -1.76. The molecule has 0 fully saturated rings. The molecule has 0 saturated carbocycles. The molecule has 2 aliphatic rings. The lowest BCUT2D eigenvalue weighted by molar-refractivity contribution is -0.148. The van der Waals surface area contributed by atoms with Crippen LogP contribution in [0.3, 0.4) is 0 Å². The SMILES string of the molecule is CC(=O)OC1CCCn2c1nc1c2C(=O)C(C)=C(Br)C1=O. The van der Waals surface area contributed by atoms with Gasteiger partial charge in [-0.2, -0.15) is 0 Å². The van der Waals surface area contributed by atoms with E-state index in [4.69, 9.17) is 4.74 Å². The molecule has 1 unspecified atom stereocenters. The summed E-state index contributed by atoms with van der Waals surface area (Å²) in [6.07, 6.45) is 0.909. The highest BCUT2D eigenvalue weighted by atomic mass is 79.9. The van der Waals surface area contributed by atoms with E-state index in [-0.39, 0.29) is 21.7 Å². The van der Waals surface area contributed by atoms with E-state index in [1.54, 1.807) is 11.5 Å². The Kier molecular flexibility index (Phi) is 3.32. The van der Waals surface area contributed by atoms with E-state index < -0.39 is 12.1 Å². The van der Waals surface area contributed by atoms with Gasteiger partial charge in [-0.1, -0.05) is 0 Å². The van der Waals surface area contributed by atoms with Crippen LogP contribution in [0.4, 0.5) is 0 Å². The van der Waals surface area contributed by atoms with Gasteiger partial charge < -0.3 is 9.30 Å². The molecule has 0 saturated heterocycles. The van der Waals surface area contributed by atoms with E-state index in [1.165, 1.54) is 6.92 Å². The van der Waals surface area contributed by atoms with Gasteiger partial charge in [0, 0.05) is 19.0 Å². The van der Waals surface area contributed by atoms with Crippen molar-refractivity contribution in [1.29, 1.82) is 0 Å². The molecule has 0 amide bonds. The predicted molar refractivity (Wildman–Crippen MR) is 76.3 cm³/mol. The van der Waals surface area contributed by atoms with Crippen LogP contribution < -0.4 is 0 Å². The first kappa shape index (κ1) is 14.2. The fourth-order valence-corrected chi connectivity index (χ4v) is 3.13. The van der Waals surface area contributed by atoms with E-state index >= 15 is 0 Å². The molecule has 1 aromatic heterocycles. The Morgan fingerprint density at radius 1 is 1.38 bits per heavy atom. The highest BCUT2D eigenvalue weighted by molar-refractivity contribution is 9.12. The largest absolute Gasteiger partial charge is 0.454 e. The van der Waals surface area contributed by atoms with E-state index in [0.29, 0.717) is 30.1 Å². The van der Waals surface area contributed by atoms with Crippen molar-refractivity contribution < 1.29 is 19.1 Å². The van der Waals surface area contributed by atoms with Gasteiger partial charge in [0.1, 0.15) is 11.4 Å². The van der Waals surface area contributed by atoms with Crippen LogP contribution in [0, 0.1) is 0 Å². The number of fused-ring (bicyclic) bond motifs is 3. The standard InChI is InChI=1S/C14H13BrN2O4/c1-6-9(15)13(20)10-11(12(6)19)17-5-3-4-8(14(17)16-10)21-7(2)18/h8H,3-5H2,1-2H3. The van der Waals surface area contributed by atoms with Crippen molar-refractivity contribution in [2.45, 2.75) is 39.3 Å². The number of halogens is 1. The molecule has 0 N–H and O–H groups in total. The second-order valence-corrected chi connectivity index (χ2v) is 5.95. The van der Waals surface area contributed by atoms with Crippen molar-refractivity contribution in [2.24, 2.45) is 0 Å². The first-order chi connectivity index (χ1) is 9.91. The molecular formula is C14H13BrN2O4. The number of ether oxygens (including phenoxy) is 1. The zero-order valence-corrected chi connectivity index (χ0v) is 13.2. The highest BCUT2D eigenvalue weighted by Gasteiger charge is 2.38. The normalized spacial score (nSPS) is 21.2. The predicted octanol–water partition coefficient (Wildman–Crippen LogP) is 2.33. The molecule has 21 heavy (non-hydrogen) atoms. The number of imidazole rings is 1. The van der Waals surface area contributed by atoms with E-state index in [1.807, 2.05) is 0 Å². The fourth-order valence-electron chi connectivity index (χ4n) is 2.76. The maximum atomic E-state index is 12.4. The summed E-state index contributed by atoms with van der Waals surface area (Å²) in [5.41, 5.74) is 0.837. The van der Waals surface area contributed by atoms with Crippen LogP contribution in [-0.2, 0) is 16.1 Å². The van der Waals surface area contributed by atoms with Gasteiger partial charge in [0.15, 0.2) is 11.9 Å². The molecular weight excluding hydrogens is 340 g/mol. The lowest BCUT2D eigenvalue weighted by atomic mass is 9.98. The average Bonchev–Trinajstić information content (AvgIpc) is 2.83. The van der Waals surface area contributed by atoms with Gasteiger partial charge in [-0.25, -0.2) is 4.98 Å². The molecule has 2 heterocycles. The zero-order chi connectivity index (χ0) is 15.3. The third kappa shape index (κ3) is 2.07. The van der Waals surface area contributed by atoms with Crippen molar-refractivity contribution in [1.82, 2.24) is 9.55 Å². The smallest absolute Gasteiger partial charge is 0.303 e. The molecule has 0 radical (unpaired) electrons. The summed E-state index contributed by atoms with van der Waals surface area (Å²) in [6.45, 7) is 3.54. The molecule has 3 rings (SSSR count). The molecule has 1 atom stereocenters. The summed E-state index contributed by atoms with van der Waals surface area (Å²) >= 11 is 3.15. The van der Waals surface area contributed by atoms with Crippen LogP contribution in [0.2, 0.25) is 0 Å². The number of Topliss-reactive ketones (excluding diaryl/α,β-unsaturated/α-hetero) is 2. The third-order valence-electron chi connectivity index (χ3n) is 3.74. The number of aromatic nitrogens is 2. The first-order valence-electron chi connectivity index (χ1n) is 6.65. The maximum absolute atomic E-state index is 12.4. The Bertz CT molecular complexity index is 717. The number of hydrogen-bond donors (Lipinski definition) is 0. The second-order valence-electron chi connectivity index (χ2n) is 5.16. The molecule has 1 aliphatic heterocycles. The summed E-state index contributed by atoms with van der Waals surface area (Å²) in [7, 11) is 0. The van der Waals surface area contributed by atoms with Gasteiger partial charge in [0.25, 0.3) is 0 Å². The van der Waals surface area contributed by atoms with Gasteiger partial charge >= 0.3 is 5.97 Å². The Labute approximate surface area is 129 Å². The van der Waals surface area contributed by atoms with Gasteiger partial charge in [-0.05, 0) is 35.7 Å². The molecule has 7 heteroatoms. The van der Waals surface area contributed by atoms with Crippen molar-refractivity contribution in [2.75, 3.05) is 0 Å². The van der Waals surface area contributed by atoms with E-state index in [2.05, 4.69) is 20.9 Å². The summed E-state index contributed by atoms with van der Waals surface area (Å²) < 4.78 is 7.22. The van der Waals surface area contributed by atoms with E-state index in [9.17, 15) is 14.4 Å². The van der Waals surface area contributed by atoms with Crippen molar-refractivity contribution in [3.63, 3.8) is 0 Å². The highest BCUT2D eigenvalue weighted by Crippen LogP contribution is 2.35. The summed E-state index contributed by atoms with van der Waals surface area (Å²) in [6, 6.07) is 0. The first-order valence-corrected chi connectivity index (χ1v) is 7.44. The summed E-state index contributed by atoms with van der Waals surface area (Å²) in [5.74, 6) is -0.426. The second kappa shape index (κ2) is 4.91. The van der Waals surface area contributed by atoms with Crippen LogP contribution >= 0.6 is 15.9 Å². The van der Waals surface area contributed by atoms with Crippen molar-refractivity contribution in [3.8, 4) is 0 Å². The monoisotopic (exact) mass is 352 g/mol. The molecule has 0 aromatic carbocycles. The number of carbonyl (C=O) groups excluding carboxylic acids is 3. The number of nitrogens with zero attached hydrogens (tertiary/aromatic N) is 2. The molecule has 0 spiro atoms. The van der Waals surface area contributed by atoms with Crippen molar-refractivity contribution >= 4 is 33.5 Å². The Morgan fingerprint density at radius 2 is 2.10 bits per heavy atom. The van der Waals surface area contributed by atoms with Crippen LogP contribution in [-0.4, -0.2) is 27.1 Å². The topological polar surface area (TPSA) is 78.3 Å². The lowest BCUT2D eigenvalue weighted by Crippen LogP contribution is -2.24. The van der Waals surface area contributed by atoms with Gasteiger partial charge in [-0.3, -0.25) is 14.4 Å². The summed E-state index contributed by atoms with van der Waals surface area (Å²) in [5, 5.41) is 0. The minimum absolute atomic E-state index is 0.145. The fraction of sp³-hybridized carbons (Fsp3) is 0.429. The van der Waals surface area contributed by atoms with Crippen LogP contribution in [0.5, 0.6) is 0 Å². The molecule has 1 aromatic rings. The number of rotatable bonds is 1. The van der Waals surface area contributed by atoms with Crippen molar-refractivity contribution in [3.05, 3.63) is 27.3 Å². The Morgan fingerprint density at radius 3 is 2.76 bits per heavy atom. The zero-order valence-electron chi connectivity index (χ0n) is 11.6. The molecule has 1 aliphatic carbocycles.